The molecule has 6 nitrogen and oxygen atoms in total. The van der Waals surface area contributed by atoms with Crippen LogP contribution in [0.25, 0.3) is 0 Å². The molecule has 1 atom stereocenters. The lowest BCUT2D eigenvalue weighted by Crippen LogP contribution is -2.58. The molecular formula is C21H31N3O3. The number of hydrogen-bond acceptors (Lipinski definition) is 5. The third-order valence-corrected chi connectivity index (χ3v) is 6.38. The maximum atomic E-state index is 12.8. The van der Waals surface area contributed by atoms with Crippen molar-refractivity contribution in [1.82, 2.24) is 15.1 Å². The third-order valence-electron chi connectivity index (χ3n) is 6.38. The van der Waals surface area contributed by atoms with Gasteiger partial charge >= 0.3 is 0 Å². The molecule has 1 aromatic rings. The van der Waals surface area contributed by atoms with E-state index in [0.29, 0.717) is 19.1 Å². The van der Waals surface area contributed by atoms with Crippen LogP contribution in [0.5, 0.6) is 5.75 Å². The molecule has 4 rings (SSSR count). The van der Waals surface area contributed by atoms with E-state index in [2.05, 4.69) is 10.2 Å². The smallest absolute Gasteiger partial charge is 0.237 e. The average molecular weight is 373 g/mol. The van der Waals surface area contributed by atoms with Crippen molar-refractivity contribution >= 4 is 5.91 Å². The van der Waals surface area contributed by atoms with Crippen molar-refractivity contribution in [2.45, 2.75) is 43.9 Å². The van der Waals surface area contributed by atoms with Crippen molar-refractivity contribution in [2.24, 2.45) is 0 Å². The summed E-state index contributed by atoms with van der Waals surface area (Å²) in [4.78, 5) is 17.1. The van der Waals surface area contributed by atoms with Crippen LogP contribution in [-0.4, -0.2) is 73.8 Å². The molecule has 3 saturated heterocycles. The van der Waals surface area contributed by atoms with E-state index in [1.165, 1.54) is 0 Å². The van der Waals surface area contributed by atoms with Gasteiger partial charge in [0.15, 0.2) is 0 Å². The highest BCUT2D eigenvalue weighted by atomic mass is 16.5. The molecule has 0 aromatic heterocycles. The van der Waals surface area contributed by atoms with Gasteiger partial charge in [-0.2, -0.15) is 0 Å². The molecule has 1 N–H and O–H groups in total. The van der Waals surface area contributed by atoms with Gasteiger partial charge in [-0.05, 0) is 56.5 Å². The van der Waals surface area contributed by atoms with E-state index in [4.69, 9.17) is 9.47 Å². The molecule has 3 heterocycles. The zero-order valence-electron chi connectivity index (χ0n) is 16.3. The summed E-state index contributed by atoms with van der Waals surface area (Å²) in [5.74, 6) is 1.09. The van der Waals surface area contributed by atoms with E-state index in [0.717, 1.165) is 69.8 Å². The standard InChI is InChI=1S/C21H31N3O3/c1-26-19-4-2-17(3-5-19)15-24-12-11-23(16-20(24)25)18-6-13-27-21(14-18)7-9-22-10-8-21/h2-5,18,22H,6-16H2,1H3. The SMILES string of the molecule is COc1ccc(CN2CCN(C3CCOC4(CCNCC4)C3)CC2=O)cc1. The minimum atomic E-state index is 0.0391. The van der Waals surface area contributed by atoms with Gasteiger partial charge in [0.25, 0.3) is 0 Å². The number of nitrogens with zero attached hydrogens (tertiary/aromatic N) is 2. The number of ether oxygens (including phenoxy) is 2. The Hall–Kier alpha value is -1.63. The number of piperazine rings is 1. The lowest BCUT2D eigenvalue weighted by Gasteiger charge is -2.48. The highest BCUT2D eigenvalue weighted by Gasteiger charge is 2.41. The first-order chi connectivity index (χ1) is 13.2. The molecule has 3 aliphatic rings. The van der Waals surface area contributed by atoms with E-state index in [1.54, 1.807) is 7.11 Å². The molecule has 148 valence electrons. The van der Waals surface area contributed by atoms with Crippen LogP contribution < -0.4 is 10.1 Å². The third kappa shape index (κ3) is 4.28. The van der Waals surface area contributed by atoms with Crippen LogP contribution in [0, 0.1) is 0 Å². The number of methoxy groups -OCH3 is 1. The van der Waals surface area contributed by atoms with Crippen molar-refractivity contribution in [3.63, 3.8) is 0 Å². The van der Waals surface area contributed by atoms with Gasteiger partial charge in [-0.25, -0.2) is 0 Å². The van der Waals surface area contributed by atoms with Crippen LogP contribution in [0.2, 0.25) is 0 Å². The number of rotatable bonds is 4. The minimum Gasteiger partial charge on any atom is -0.497 e. The molecule has 1 unspecified atom stereocenters. The van der Waals surface area contributed by atoms with Gasteiger partial charge < -0.3 is 19.7 Å². The molecule has 27 heavy (non-hydrogen) atoms. The number of carbonyl (C=O) groups excluding carboxylic acids is 1. The quantitative estimate of drug-likeness (QED) is 0.870. The fourth-order valence-electron chi connectivity index (χ4n) is 4.70. The Kier molecular flexibility index (Phi) is 5.66. The monoisotopic (exact) mass is 373 g/mol. The second-order valence-corrected chi connectivity index (χ2v) is 8.06. The van der Waals surface area contributed by atoms with Gasteiger partial charge in [0.2, 0.25) is 5.91 Å². The minimum absolute atomic E-state index is 0.0391. The molecule has 6 heteroatoms. The first-order valence-corrected chi connectivity index (χ1v) is 10.2. The van der Waals surface area contributed by atoms with Gasteiger partial charge in [0.05, 0.1) is 19.3 Å². The number of benzene rings is 1. The second kappa shape index (κ2) is 8.17. The van der Waals surface area contributed by atoms with Crippen LogP contribution in [0.3, 0.4) is 0 Å². The second-order valence-electron chi connectivity index (χ2n) is 8.06. The van der Waals surface area contributed by atoms with Gasteiger partial charge in [0, 0.05) is 32.3 Å². The van der Waals surface area contributed by atoms with Crippen LogP contribution in [0.15, 0.2) is 24.3 Å². The van der Waals surface area contributed by atoms with Gasteiger partial charge in [-0.1, -0.05) is 12.1 Å². The lowest BCUT2D eigenvalue weighted by molar-refractivity contribution is -0.146. The summed E-state index contributed by atoms with van der Waals surface area (Å²) in [7, 11) is 1.67. The average Bonchev–Trinajstić information content (AvgIpc) is 2.71. The van der Waals surface area contributed by atoms with Crippen molar-refractivity contribution in [3.8, 4) is 5.75 Å². The summed E-state index contributed by atoms with van der Waals surface area (Å²) in [6.45, 7) is 5.89. The van der Waals surface area contributed by atoms with Crippen LogP contribution in [0.1, 0.15) is 31.2 Å². The Morgan fingerprint density at radius 2 is 2.00 bits per heavy atom. The summed E-state index contributed by atoms with van der Waals surface area (Å²) in [5, 5.41) is 3.43. The maximum absolute atomic E-state index is 12.8. The molecule has 1 aromatic carbocycles. The highest BCUT2D eigenvalue weighted by Crippen LogP contribution is 2.35. The van der Waals surface area contributed by atoms with E-state index >= 15 is 0 Å². The summed E-state index contributed by atoms with van der Waals surface area (Å²) in [6.07, 6.45) is 4.30. The van der Waals surface area contributed by atoms with Crippen LogP contribution in [-0.2, 0) is 16.1 Å². The van der Waals surface area contributed by atoms with Gasteiger partial charge in [-0.3, -0.25) is 9.69 Å². The summed E-state index contributed by atoms with van der Waals surface area (Å²) < 4.78 is 11.4. The molecule has 3 fully saturated rings. The van der Waals surface area contributed by atoms with Gasteiger partial charge in [0.1, 0.15) is 5.75 Å². The van der Waals surface area contributed by atoms with Crippen molar-refractivity contribution in [2.75, 3.05) is 46.4 Å². The summed E-state index contributed by atoms with van der Waals surface area (Å²) in [6, 6.07) is 8.46. The molecule has 1 amide bonds. The topological polar surface area (TPSA) is 54.0 Å². The fraction of sp³-hybridized carbons (Fsp3) is 0.667. The molecule has 1 spiro atoms. The number of nitrogens with one attached hydrogen (secondary N) is 1. The highest BCUT2D eigenvalue weighted by molar-refractivity contribution is 5.79. The number of piperidine rings is 1. The van der Waals surface area contributed by atoms with Crippen LogP contribution in [0.4, 0.5) is 0 Å². The van der Waals surface area contributed by atoms with Crippen molar-refractivity contribution in [3.05, 3.63) is 29.8 Å². The molecule has 3 aliphatic heterocycles. The maximum Gasteiger partial charge on any atom is 0.237 e. The Balaban J connectivity index is 1.33. The molecule has 0 bridgehead atoms. The summed E-state index contributed by atoms with van der Waals surface area (Å²) in [5.41, 5.74) is 1.19. The first-order valence-electron chi connectivity index (χ1n) is 10.2. The first kappa shape index (κ1) is 18.7. The van der Waals surface area contributed by atoms with E-state index in [-0.39, 0.29) is 11.5 Å². The molecular weight excluding hydrogens is 342 g/mol. The van der Waals surface area contributed by atoms with Crippen molar-refractivity contribution < 1.29 is 14.3 Å². The largest absolute Gasteiger partial charge is 0.497 e. The van der Waals surface area contributed by atoms with Crippen LogP contribution >= 0.6 is 0 Å². The Bertz CT molecular complexity index is 637. The van der Waals surface area contributed by atoms with E-state index in [1.807, 2.05) is 29.2 Å². The number of hydrogen-bond donors (Lipinski definition) is 1. The Morgan fingerprint density at radius 1 is 1.22 bits per heavy atom. The molecule has 0 aliphatic carbocycles. The zero-order chi connectivity index (χ0) is 18.7. The lowest BCUT2D eigenvalue weighted by atomic mass is 9.82. The predicted octanol–water partition coefficient (Wildman–Crippen LogP) is 1.64. The molecule has 0 radical (unpaired) electrons. The van der Waals surface area contributed by atoms with E-state index in [9.17, 15) is 4.79 Å². The number of amides is 1. The Morgan fingerprint density at radius 3 is 2.70 bits per heavy atom. The fourth-order valence-corrected chi connectivity index (χ4v) is 4.70. The zero-order valence-corrected chi connectivity index (χ0v) is 16.3. The van der Waals surface area contributed by atoms with Crippen molar-refractivity contribution in [1.29, 1.82) is 0 Å². The Labute approximate surface area is 161 Å². The summed E-state index contributed by atoms with van der Waals surface area (Å²) >= 11 is 0. The number of carbonyl (C=O) groups is 1. The van der Waals surface area contributed by atoms with E-state index < -0.39 is 0 Å². The predicted molar refractivity (Wildman–Crippen MR) is 104 cm³/mol. The molecule has 0 saturated carbocycles. The van der Waals surface area contributed by atoms with Gasteiger partial charge in [-0.15, -0.1) is 0 Å². The normalized spacial score (nSPS) is 26.3.